The van der Waals surface area contributed by atoms with Crippen LogP contribution in [0.15, 0.2) is 28.7 Å². The van der Waals surface area contributed by atoms with E-state index in [1.165, 1.54) is 6.07 Å². The topological polar surface area (TPSA) is 48.4 Å². The quantitative estimate of drug-likeness (QED) is 0.889. The second-order valence-corrected chi connectivity index (χ2v) is 3.99. The maximum absolute atomic E-state index is 13.4. The highest BCUT2D eigenvalue weighted by Crippen LogP contribution is 2.27. The van der Waals surface area contributed by atoms with Gasteiger partial charge in [-0.05, 0) is 26.0 Å². The minimum atomic E-state index is -0.387. The molecule has 0 fully saturated rings. The van der Waals surface area contributed by atoms with Crippen molar-refractivity contribution in [1.29, 1.82) is 0 Å². The predicted molar refractivity (Wildman–Crippen MR) is 64.2 cm³/mol. The van der Waals surface area contributed by atoms with E-state index in [-0.39, 0.29) is 23.5 Å². The van der Waals surface area contributed by atoms with Gasteiger partial charge in [-0.25, -0.2) is 4.39 Å². The molecule has 0 aliphatic rings. The second kappa shape index (κ2) is 4.85. The first-order valence-corrected chi connectivity index (χ1v) is 5.68. The Balaban J connectivity index is 2.33. The normalized spacial score (nSPS) is 15.1. The predicted octanol–water partition coefficient (Wildman–Crippen LogP) is 3.00. The van der Waals surface area contributed by atoms with Gasteiger partial charge in [0.1, 0.15) is 5.76 Å². The van der Waals surface area contributed by atoms with E-state index in [0.717, 1.165) is 5.39 Å². The average Bonchev–Trinajstić information content (AvgIpc) is 2.73. The van der Waals surface area contributed by atoms with Crippen LogP contribution >= 0.6 is 0 Å². The molecular weight excluding hydrogens is 221 g/mol. The Morgan fingerprint density at radius 2 is 2.24 bits per heavy atom. The lowest BCUT2D eigenvalue weighted by molar-refractivity contribution is 0.0526. The summed E-state index contributed by atoms with van der Waals surface area (Å²) in [6.07, 6.45) is -0.163. The molecule has 0 amide bonds. The van der Waals surface area contributed by atoms with Crippen LogP contribution in [0.4, 0.5) is 4.39 Å². The number of hydrogen-bond acceptors (Lipinski definition) is 3. The molecule has 0 saturated heterocycles. The number of rotatable bonds is 4. The Bertz CT molecular complexity index is 509. The standard InChI is InChI=1S/C13H16FNO2/c1-3-16-8(2)12(15)11-7-9-5-4-6-10(14)13(9)17-11/h4-8,12H,3,15H2,1-2H3. The maximum Gasteiger partial charge on any atom is 0.169 e. The summed E-state index contributed by atoms with van der Waals surface area (Å²) in [7, 11) is 0. The van der Waals surface area contributed by atoms with Gasteiger partial charge >= 0.3 is 0 Å². The molecule has 0 radical (unpaired) electrons. The summed E-state index contributed by atoms with van der Waals surface area (Å²) >= 11 is 0. The molecule has 2 unspecified atom stereocenters. The van der Waals surface area contributed by atoms with Gasteiger partial charge in [-0.15, -0.1) is 0 Å². The van der Waals surface area contributed by atoms with Crippen LogP contribution in [0.1, 0.15) is 25.6 Å². The van der Waals surface area contributed by atoms with Crippen LogP contribution in [-0.2, 0) is 4.74 Å². The smallest absolute Gasteiger partial charge is 0.169 e. The molecule has 2 N–H and O–H groups in total. The fourth-order valence-corrected chi connectivity index (χ4v) is 1.81. The van der Waals surface area contributed by atoms with Crippen molar-refractivity contribution < 1.29 is 13.5 Å². The molecule has 0 saturated carbocycles. The van der Waals surface area contributed by atoms with Gasteiger partial charge in [-0.1, -0.05) is 12.1 Å². The Labute approximate surface area is 99.4 Å². The molecule has 17 heavy (non-hydrogen) atoms. The van der Waals surface area contributed by atoms with Crippen LogP contribution in [-0.4, -0.2) is 12.7 Å². The van der Waals surface area contributed by atoms with Gasteiger partial charge in [0.25, 0.3) is 0 Å². The van der Waals surface area contributed by atoms with Crippen molar-refractivity contribution in [1.82, 2.24) is 0 Å². The highest BCUT2D eigenvalue weighted by molar-refractivity contribution is 5.78. The molecular formula is C13H16FNO2. The molecule has 1 aromatic heterocycles. The van der Waals surface area contributed by atoms with Crippen LogP contribution in [0.25, 0.3) is 11.0 Å². The van der Waals surface area contributed by atoms with Crippen LogP contribution in [0.3, 0.4) is 0 Å². The van der Waals surface area contributed by atoms with Crippen LogP contribution in [0.2, 0.25) is 0 Å². The molecule has 0 aliphatic carbocycles. The van der Waals surface area contributed by atoms with Gasteiger partial charge in [0.05, 0.1) is 12.1 Å². The first kappa shape index (κ1) is 12.1. The van der Waals surface area contributed by atoms with Gasteiger partial charge in [0.2, 0.25) is 0 Å². The number of fused-ring (bicyclic) bond motifs is 1. The molecule has 2 rings (SSSR count). The van der Waals surface area contributed by atoms with Gasteiger partial charge in [-0.2, -0.15) is 0 Å². The third-order valence-corrected chi connectivity index (χ3v) is 2.78. The highest BCUT2D eigenvalue weighted by Gasteiger charge is 2.20. The Kier molecular flexibility index (Phi) is 3.45. The van der Waals surface area contributed by atoms with Crippen LogP contribution in [0.5, 0.6) is 0 Å². The number of halogens is 1. The summed E-state index contributed by atoms with van der Waals surface area (Å²) in [5.74, 6) is 0.177. The van der Waals surface area contributed by atoms with E-state index < -0.39 is 0 Å². The van der Waals surface area contributed by atoms with Crippen molar-refractivity contribution in [3.63, 3.8) is 0 Å². The number of benzene rings is 1. The monoisotopic (exact) mass is 237 g/mol. The zero-order chi connectivity index (χ0) is 12.4. The van der Waals surface area contributed by atoms with Crippen molar-refractivity contribution in [2.24, 2.45) is 5.73 Å². The van der Waals surface area contributed by atoms with Crippen LogP contribution < -0.4 is 5.73 Å². The van der Waals surface area contributed by atoms with E-state index in [0.29, 0.717) is 12.4 Å². The molecule has 3 nitrogen and oxygen atoms in total. The van der Waals surface area contributed by atoms with E-state index in [9.17, 15) is 4.39 Å². The lowest BCUT2D eigenvalue weighted by atomic mass is 10.1. The van der Waals surface area contributed by atoms with E-state index in [1.54, 1.807) is 18.2 Å². The Morgan fingerprint density at radius 1 is 1.47 bits per heavy atom. The van der Waals surface area contributed by atoms with Crippen molar-refractivity contribution in [3.05, 3.63) is 35.8 Å². The highest BCUT2D eigenvalue weighted by atomic mass is 19.1. The molecule has 92 valence electrons. The fraction of sp³-hybridized carbons (Fsp3) is 0.385. The zero-order valence-electron chi connectivity index (χ0n) is 9.94. The summed E-state index contributed by atoms with van der Waals surface area (Å²) in [6.45, 7) is 4.36. The average molecular weight is 237 g/mol. The zero-order valence-corrected chi connectivity index (χ0v) is 9.94. The molecule has 2 aromatic rings. The molecule has 0 aliphatic heterocycles. The molecule has 0 spiro atoms. The summed E-state index contributed by atoms with van der Waals surface area (Å²) in [5.41, 5.74) is 6.25. The van der Waals surface area contributed by atoms with Crippen molar-refractivity contribution in [2.75, 3.05) is 6.61 Å². The van der Waals surface area contributed by atoms with Crippen molar-refractivity contribution in [2.45, 2.75) is 26.0 Å². The van der Waals surface area contributed by atoms with Gasteiger partial charge < -0.3 is 14.9 Å². The van der Waals surface area contributed by atoms with Crippen molar-refractivity contribution >= 4 is 11.0 Å². The first-order chi connectivity index (χ1) is 8.13. The van der Waals surface area contributed by atoms with E-state index in [2.05, 4.69) is 0 Å². The van der Waals surface area contributed by atoms with E-state index in [1.807, 2.05) is 13.8 Å². The third-order valence-electron chi connectivity index (χ3n) is 2.78. The number of nitrogens with two attached hydrogens (primary N) is 1. The molecule has 4 heteroatoms. The fourth-order valence-electron chi connectivity index (χ4n) is 1.81. The minimum Gasteiger partial charge on any atom is -0.456 e. The van der Waals surface area contributed by atoms with Gasteiger partial charge in [0, 0.05) is 12.0 Å². The minimum absolute atomic E-state index is 0.163. The molecule has 0 bridgehead atoms. The SMILES string of the molecule is CCOC(C)C(N)c1cc2cccc(F)c2o1. The second-order valence-electron chi connectivity index (χ2n) is 3.99. The third kappa shape index (κ3) is 2.33. The number of hydrogen-bond donors (Lipinski definition) is 1. The summed E-state index contributed by atoms with van der Waals surface area (Å²) in [5, 5.41) is 0.721. The molecule has 2 atom stereocenters. The number of furan rings is 1. The first-order valence-electron chi connectivity index (χ1n) is 5.68. The number of para-hydroxylation sites is 1. The van der Waals surface area contributed by atoms with Gasteiger partial charge in [0.15, 0.2) is 11.4 Å². The van der Waals surface area contributed by atoms with Crippen LogP contribution in [0, 0.1) is 5.82 Å². The summed E-state index contributed by atoms with van der Waals surface area (Å²) in [4.78, 5) is 0. The van der Waals surface area contributed by atoms with E-state index in [4.69, 9.17) is 14.9 Å². The molecule has 1 aromatic carbocycles. The summed E-state index contributed by atoms with van der Waals surface area (Å²) in [6, 6.07) is 6.19. The maximum atomic E-state index is 13.4. The Hall–Kier alpha value is -1.39. The van der Waals surface area contributed by atoms with Gasteiger partial charge in [-0.3, -0.25) is 0 Å². The largest absolute Gasteiger partial charge is 0.456 e. The van der Waals surface area contributed by atoms with E-state index >= 15 is 0 Å². The Morgan fingerprint density at radius 3 is 2.88 bits per heavy atom. The number of ether oxygens (including phenoxy) is 1. The lowest BCUT2D eigenvalue weighted by Gasteiger charge is -2.17. The lowest BCUT2D eigenvalue weighted by Crippen LogP contribution is -2.25. The summed E-state index contributed by atoms with van der Waals surface area (Å²) < 4.78 is 24.3. The van der Waals surface area contributed by atoms with Crippen molar-refractivity contribution in [3.8, 4) is 0 Å². The molecule has 1 heterocycles.